The van der Waals surface area contributed by atoms with Crippen molar-refractivity contribution in [1.82, 2.24) is 5.32 Å². The molecule has 2 nitrogen and oxygen atoms in total. The summed E-state index contributed by atoms with van der Waals surface area (Å²) in [6.07, 6.45) is 0. The first kappa shape index (κ1) is 15.1. The van der Waals surface area contributed by atoms with Crippen LogP contribution in [0.3, 0.4) is 0 Å². The Labute approximate surface area is 109 Å². The minimum Gasteiger partial charge on any atom is -0.396 e. The average molecular weight is 253 g/mol. The molecule has 2 N–H and O–H groups in total. The maximum absolute atomic E-state index is 12.9. The van der Waals surface area contributed by atoms with Gasteiger partial charge < -0.3 is 10.4 Å². The van der Waals surface area contributed by atoms with E-state index in [0.29, 0.717) is 5.92 Å². The van der Waals surface area contributed by atoms with Crippen molar-refractivity contribution in [2.75, 3.05) is 13.2 Å². The maximum atomic E-state index is 12.9. The van der Waals surface area contributed by atoms with Crippen molar-refractivity contribution >= 4 is 0 Å². The Balaban J connectivity index is 2.75. The quantitative estimate of drug-likeness (QED) is 0.816. The van der Waals surface area contributed by atoms with E-state index in [1.54, 1.807) is 0 Å². The van der Waals surface area contributed by atoms with Gasteiger partial charge in [0.25, 0.3) is 0 Å². The van der Waals surface area contributed by atoms with Gasteiger partial charge in [-0.25, -0.2) is 4.39 Å². The smallest absolute Gasteiger partial charge is 0.123 e. The Bertz CT molecular complexity index is 359. The summed E-state index contributed by atoms with van der Waals surface area (Å²) in [5.74, 6) is 0.196. The Kier molecular flexibility index (Phi) is 5.29. The first-order valence-corrected chi connectivity index (χ1v) is 6.45. The summed E-state index contributed by atoms with van der Waals surface area (Å²) >= 11 is 0. The van der Waals surface area contributed by atoms with Gasteiger partial charge in [-0.05, 0) is 23.6 Å². The van der Waals surface area contributed by atoms with Gasteiger partial charge in [-0.1, -0.05) is 39.8 Å². The van der Waals surface area contributed by atoms with E-state index in [2.05, 4.69) is 19.2 Å². The SMILES string of the molecule is CC(C)C(NCC(C)(C)CO)c1ccc(F)cc1. The number of rotatable bonds is 6. The van der Waals surface area contributed by atoms with Crippen molar-refractivity contribution in [2.24, 2.45) is 11.3 Å². The second-order valence-electron chi connectivity index (χ2n) is 5.98. The third-order valence-corrected chi connectivity index (χ3v) is 3.12. The van der Waals surface area contributed by atoms with Gasteiger partial charge in [0, 0.05) is 24.6 Å². The molecule has 3 heteroatoms. The lowest BCUT2D eigenvalue weighted by molar-refractivity contribution is 0.150. The lowest BCUT2D eigenvalue weighted by Crippen LogP contribution is -2.36. The summed E-state index contributed by atoms with van der Waals surface area (Å²) in [6.45, 7) is 9.17. The molecule has 1 rings (SSSR count). The lowest BCUT2D eigenvalue weighted by atomic mass is 9.91. The molecule has 0 fully saturated rings. The zero-order valence-electron chi connectivity index (χ0n) is 11.7. The summed E-state index contributed by atoms with van der Waals surface area (Å²) in [6, 6.07) is 6.79. The molecule has 0 saturated carbocycles. The van der Waals surface area contributed by atoms with Gasteiger partial charge >= 0.3 is 0 Å². The molecule has 0 aliphatic carbocycles. The van der Waals surface area contributed by atoms with Crippen LogP contribution in [0.2, 0.25) is 0 Å². The van der Waals surface area contributed by atoms with Crippen LogP contribution in [0, 0.1) is 17.2 Å². The van der Waals surface area contributed by atoms with Crippen LogP contribution in [0.1, 0.15) is 39.3 Å². The number of hydrogen-bond donors (Lipinski definition) is 2. The molecule has 0 radical (unpaired) electrons. The molecular formula is C15H24FNO. The average Bonchev–Trinajstić information content (AvgIpc) is 2.31. The van der Waals surface area contributed by atoms with Crippen LogP contribution in [0.25, 0.3) is 0 Å². The predicted octanol–water partition coefficient (Wildman–Crippen LogP) is 3.13. The highest BCUT2D eigenvalue weighted by Gasteiger charge is 2.21. The Morgan fingerprint density at radius 3 is 2.22 bits per heavy atom. The third kappa shape index (κ3) is 4.39. The van der Waals surface area contributed by atoms with Gasteiger partial charge in [-0.2, -0.15) is 0 Å². The first-order chi connectivity index (χ1) is 8.35. The first-order valence-electron chi connectivity index (χ1n) is 6.45. The monoisotopic (exact) mass is 253 g/mol. The number of halogens is 1. The van der Waals surface area contributed by atoms with Crippen LogP contribution in [-0.2, 0) is 0 Å². The summed E-state index contributed by atoms with van der Waals surface area (Å²) in [5.41, 5.74) is 0.938. The zero-order valence-corrected chi connectivity index (χ0v) is 11.7. The van der Waals surface area contributed by atoms with E-state index < -0.39 is 0 Å². The molecule has 0 aliphatic rings. The van der Waals surface area contributed by atoms with Gasteiger partial charge in [0.2, 0.25) is 0 Å². The minimum absolute atomic E-state index is 0.146. The van der Waals surface area contributed by atoms with Crippen LogP contribution in [-0.4, -0.2) is 18.3 Å². The van der Waals surface area contributed by atoms with Gasteiger partial charge in [0.15, 0.2) is 0 Å². The summed E-state index contributed by atoms with van der Waals surface area (Å²) in [5, 5.41) is 12.7. The molecule has 0 bridgehead atoms. The molecular weight excluding hydrogens is 229 g/mol. The van der Waals surface area contributed by atoms with Crippen LogP contribution in [0.5, 0.6) is 0 Å². The Hall–Kier alpha value is -0.930. The number of aliphatic hydroxyl groups is 1. The molecule has 0 heterocycles. The predicted molar refractivity (Wildman–Crippen MR) is 72.8 cm³/mol. The molecule has 1 unspecified atom stereocenters. The molecule has 18 heavy (non-hydrogen) atoms. The molecule has 0 aliphatic heterocycles. The van der Waals surface area contributed by atoms with E-state index in [0.717, 1.165) is 12.1 Å². The maximum Gasteiger partial charge on any atom is 0.123 e. The molecule has 1 atom stereocenters. The highest BCUT2D eigenvalue weighted by atomic mass is 19.1. The van der Waals surface area contributed by atoms with E-state index in [1.807, 2.05) is 26.0 Å². The standard InChI is InChI=1S/C15H24FNO/c1-11(2)14(17-9-15(3,4)10-18)12-5-7-13(16)8-6-12/h5-8,11,14,17-18H,9-10H2,1-4H3. The largest absolute Gasteiger partial charge is 0.396 e. The van der Waals surface area contributed by atoms with Crippen molar-refractivity contribution < 1.29 is 9.50 Å². The summed E-state index contributed by atoms with van der Waals surface area (Å²) < 4.78 is 12.9. The third-order valence-electron chi connectivity index (χ3n) is 3.12. The van der Waals surface area contributed by atoms with E-state index in [9.17, 15) is 9.50 Å². The summed E-state index contributed by atoms with van der Waals surface area (Å²) in [4.78, 5) is 0. The fraction of sp³-hybridized carbons (Fsp3) is 0.600. The molecule has 1 aromatic carbocycles. The number of benzene rings is 1. The second kappa shape index (κ2) is 6.30. The van der Waals surface area contributed by atoms with Crippen molar-refractivity contribution in [1.29, 1.82) is 0 Å². The van der Waals surface area contributed by atoms with Crippen molar-refractivity contribution in [3.05, 3.63) is 35.6 Å². The normalized spacial score (nSPS) is 13.9. The van der Waals surface area contributed by atoms with Crippen molar-refractivity contribution in [3.63, 3.8) is 0 Å². The number of nitrogens with one attached hydrogen (secondary N) is 1. The highest BCUT2D eigenvalue weighted by molar-refractivity contribution is 5.20. The molecule has 0 amide bonds. The van der Waals surface area contributed by atoms with Gasteiger partial charge in [0.05, 0.1) is 0 Å². The molecule has 102 valence electrons. The van der Waals surface area contributed by atoms with Gasteiger partial charge in [-0.15, -0.1) is 0 Å². The fourth-order valence-corrected chi connectivity index (χ4v) is 1.85. The Morgan fingerprint density at radius 1 is 1.22 bits per heavy atom. The molecule has 0 spiro atoms. The van der Waals surface area contributed by atoms with Crippen LogP contribution in [0.15, 0.2) is 24.3 Å². The van der Waals surface area contributed by atoms with Crippen molar-refractivity contribution in [2.45, 2.75) is 33.7 Å². The Morgan fingerprint density at radius 2 is 1.78 bits per heavy atom. The fourth-order valence-electron chi connectivity index (χ4n) is 1.85. The minimum atomic E-state index is -0.211. The van der Waals surface area contributed by atoms with Crippen LogP contribution in [0.4, 0.5) is 4.39 Å². The zero-order chi connectivity index (χ0) is 13.8. The molecule has 0 aromatic heterocycles. The van der Waals surface area contributed by atoms with E-state index in [1.165, 1.54) is 12.1 Å². The topological polar surface area (TPSA) is 32.3 Å². The van der Waals surface area contributed by atoms with Crippen molar-refractivity contribution in [3.8, 4) is 0 Å². The van der Waals surface area contributed by atoms with E-state index >= 15 is 0 Å². The van der Waals surface area contributed by atoms with Gasteiger partial charge in [-0.3, -0.25) is 0 Å². The van der Waals surface area contributed by atoms with Crippen LogP contribution < -0.4 is 5.32 Å². The van der Waals surface area contributed by atoms with E-state index in [-0.39, 0.29) is 23.9 Å². The number of aliphatic hydroxyl groups excluding tert-OH is 1. The molecule has 0 saturated heterocycles. The van der Waals surface area contributed by atoms with Gasteiger partial charge in [0.1, 0.15) is 5.82 Å². The molecule has 1 aromatic rings. The lowest BCUT2D eigenvalue weighted by Gasteiger charge is -2.29. The van der Waals surface area contributed by atoms with E-state index in [4.69, 9.17) is 0 Å². The summed E-state index contributed by atoms with van der Waals surface area (Å²) in [7, 11) is 0. The second-order valence-corrected chi connectivity index (χ2v) is 5.98. The number of hydrogen-bond acceptors (Lipinski definition) is 2. The van der Waals surface area contributed by atoms with Crippen LogP contribution >= 0.6 is 0 Å². The highest BCUT2D eigenvalue weighted by Crippen LogP contribution is 2.23.